The molecule has 1 atom stereocenters. The molecule has 0 amide bonds. The smallest absolute Gasteiger partial charge is 0.119 e. The van der Waals surface area contributed by atoms with E-state index in [1.807, 2.05) is 19.9 Å². The highest BCUT2D eigenvalue weighted by atomic mass is 16.5. The summed E-state index contributed by atoms with van der Waals surface area (Å²) in [5, 5.41) is 12.5. The molecule has 18 heavy (non-hydrogen) atoms. The third kappa shape index (κ3) is 2.65. The van der Waals surface area contributed by atoms with Crippen LogP contribution in [0, 0.1) is 16.7 Å². The lowest BCUT2D eigenvalue weighted by Crippen LogP contribution is -2.30. The van der Waals surface area contributed by atoms with E-state index in [1.54, 1.807) is 7.11 Å². The summed E-state index contributed by atoms with van der Waals surface area (Å²) >= 11 is 0. The fraction of sp³-hybridized carbons (Fsp3) is 0.533. The zero-order valence-corrected chi connectivity index (χ0v) is 11.3. The zero-order valence-electron chi connectivity index (χ0n) is 11.3. The fourth-order valence-corrected chi connectivity index (χ4v) is 2.34. The average molecular weight is 244 g/mol. The van der Waals surface area contributed by atoms with Crippen molar-refractivity contribution >= 4 is 0 Å². The fourth-order valence-electron chi connectivity index (χ4n) is 2.34. The molecule has 1 aliphatic rings. The Bertz CT molecular complexity index is 474. The molecule has 3 nitrogen and oxygen atoms in total. The predicted octanol–water partition coefficient (Wildman–Crippen LogP) is 2.82. The van der Waals surface area contributed by atoms with Gasteiger partial charge in [-0.15, -0.1) is 0 Å². The number of hydrogen-bond donors (Lipinski definition) is 1. The number of nitrogens with zero attached hydrogens (tertiary/aromatic N) is 1. The molecule has 1 N–H and O–H groups in total. The zero-order chi connectivity index (χ0) is 13.2. The monoisotopic (exact) mass is 244 g/mol. The van der Waals surface area contributed by atoms with Crippen molar-refractivity contribution in [3.8, 4) is 11.8 Å². The van der Waals surface area contributed by atoms with E-state index in [9.17, 15) is 0 Å². The minimum atomic E-state index is -0.318. The summed E-state index contributed by atoms with van der Waals surface area (Å²) in [6, 6.07) is 8.94. The van der Waals surface area contributed by atoms with Gasteiger partial charge in [-0.2, -0.15) is 5.26 Å². The van der Waals surface area contributed by atoms with Gasteiger partial charge in [-0.1, -0.05) is 6.07 Å². The van der Waals surface area contributed by atoms with Crippen molar-refractivity contribution in [2.75, 3.05) is 13.7 Å². The minimum absolute atomic E-state index is 0.318. The summed E-state index contributed by atoms with van der Waals surface area (Å²) in [5.41, 5.74) is 2.40. The van der Waals surface area contributed by atoms with Crippen LogP contribution in [-0.4, -0.2) is 13.7 Å². The number of hydrogen-bond acceptors (Lipinski definition) is 3. The van der Waals surface area contributed by atoms with Gasteiger partial charge in [0.15, 0.2) is 0 Å². The van der Waals surface area contributed by atoms with Gasteiger partial charge in [0.05, 0.1) is 18.6 Å². The van der Waals surface area contributed by atoms with E-state index in [4.69, 9.17) is 10.00 Å². The molecule has 0 fully saturated rings. The molecule has 2 rings (SSSR count). The van der Waals surface area contributed by atoms with E-state index >= 15 is 0 Å². The van der Waals surface area contributed by atoms with E-state index in [2.05, 4.69) is 23.5 Å². The Balaban J connectivity index is 2.09. The highest BCUT2D eigenvalue weighted by Gasteiger charge is 2.25. The molecular weight excluding hydrogens is 224 g/mol. The maximum atomic E-state index is 9.04. The van der Waals surface area contributed by atoms with E-state index in [0.717, 1.165) is 18.6 Å². The number of ether oxygens (including phenoxy) is 1. The molecule has 0 spiro atoms. The van der Waals surface area contributed by atoms with Crippen molar-refractivity contribution in [3.05, 3.63) is 29.3 Å². The van der Waals surface area contributed by atoms with Gasteiger partial charge in [-0.05, 0) is 49.9 Å². The molecule has 0 aliphatic heterocycles. The third-order valence-electron chi connectivity index (χ3n) is 3.52. The van der Waals surface area contributed by atoms with E-state index < -0.39 is 0 Å². The van der Waals surface area contributed by atoms with Gasteiger partial charge < -0.3 is 10.1 Å². The topological polar surface area (TPSA) is 45.0 Å². The van der Waals surface area contributed by atoms with Crippen LogP contribution < -0.4 is 10.1 Å². The maximum Gasteiger partial charge on any atom is 0.119 e. The Morgan fingerprint density at radius 1 is 1.50 bits per heavy atom. The van der Waals surface area contributed by atoms with Gasteiger partial charge in [0.1, 0.15) is 5.75 Å². The van der Waals surface area contributed by atoms with Crippen LogP contribution in [0.2, 0.25) is 0 Å². The van der Waals surface area contributed by atoms with Gasteiger partial charge in [-0.25, -0.2) is 0 Å². The van der Waals surface area contributed by atoms with Crippen molar-refractivity contribution < 1.29 is 4.74 Å². The Morgan fingerprint density at radius 2 is 2.28 bits per heavy atom. The van der Waals surface area contributed by atoms with Crippen LogP contribution in [0.3, 0.4) is 0 Å². The second kappa shape index (κ2) is 4.99. The Labute approximate surface area is 109 Å². The van der Waals surface area contributed by atoms with Crippen LogP contribution in [0.1, 0.15) is 37.4 Å². The van der Waals surface area contributed by atoms with Crippen molar-refractivity contribution in [3.63, 3.8) is 0 Å². The number of fused-ring (bicyclic) bond motifs is 1. The van der Waals surface area contributed by atoms with Crippen LogP contribution in [0.15, 0.2) is 18.2 Å². The van der Waals surface area contributed by atoms with E-state index in [-0.39, 0.29) is 5.41 Å². The molecule has 0 saturated heterocycles. The first-order valence-electron chi connectivity index (χ1n) is 6.37. The van der Waals surface area contributed by atoms with Crippen molar-refractivity contribution in [2.45, 2.75) is 32.7 Å². The largest absolute Gasteiger partial charge is 0.497 e. The van der Waals surface area contributed by atoms with Crippen LogP contribution >= 0.6 is 0 Å². The normalized spacial score (nSPS) is 18.2. The number of methoxy groups -OCH3 is 1. The summed E-state index contributed by atoms with van der Waals surface area (Å²) < 4.78 is 5.27. The number of aryl methyl sites for hydroxylation is 1. The van der Waals surface area contributed by atoms with E-state index in [0.29, 0.717) is 12.6 Å². The van der Waals surface area contributed by atoms with Crippen LogP contribution in [0.4, 0.5) is 0 Å². The van der Waals surface area contributed by atoms with Gasteiger partial charge >= 0.3 is 0 Å². The molecule has 96 valence electrons. The summed E-state index contributed by atoms with van der Waals surface area (Å²) in [4.78, 5) is 0. The predicted molar refractivity (Wildman–Crippen MR) is 71.5 cm³/mol. The lowest BCUT2D eigenvalue weighted by molar-refractivity contribution is 0.398. The second-order valence-electron chi connectivity index (χ2n) is 5.53. The molecule has 0 radical (unpaired) electrons. The molecule has 1 aromatic rings. The highest BCUT2D eigenvalue weighted by Crippen LogP contribution is 2.34. The first-order chi connectivity index (χ1) is 8.55. The number of rotatable bonds is 4. The standard InChI is InChI=1S/C15H20N2O/c1-15(2,9-16)10-17-14-7-5-11-4-6-12(18-3)8-13(11)14/h4,6,8,14,17H,5,7,10H2,1-3H3. The number of benzene rings is 1. The van der Waals surface area contributed by atoms with Crippen molar-refractivity contribution in [2.24, 2.45) is 5.41 Å². The molecule has 0 bridgehead atoms. The quantitative estimate of drug-likeness (QED) is 0.885. The lowest BCUT2D eigenvalue weighted by Gasteiger charge is -2.21. The molecule has 0 heterocycles. The SMILES string of the molecule is COc1ccc2c(c1)C(NCC(C)(C)C#N)CC2. The average Bonchev–Trinajstić information content (AvgIpc) is 2.78. The van der Waals surface area contributed by atoms with E-state index in [1.165, 1.54) is 11.1 Å². The molecule has 0 saturated carbocycles. The van der Waals surface area contributed by atoms with Gasteiger partial charge in [0, 0.05) is 12.6 Å². The van der Waals surface area contributed by atoms with Gasteiger partial charge in [-0.3, -0.25) is 0 Å². The summed E-state index contributed by atoms with van der Waals surface area (Å²) in [6.07, 6.45) is 2.20. The highest BCUT2D eigenvalue weighted by molar-refractivity contribution is 5.40. The van der Waals surface area contributed by atoms with Gasteiger partial charge in [0.25, 0.3) is 0 Å². The third-order valence-corrected chi connectivity index (χ3v) is 3.52. The summed E-state index contributed by atoms with van der Waals surface area (Å²) in [6.45, 7) is 4.63. The van der Waals surface area contributed by atoms with Crippen LogP contribution in [0.5, 0.6) is 5.75 Å². The first kappa shape index (κ1) is 12.9. The van der Waals surface area contributed by atoms with Crippen molar-refractivity contribution in [1.82, 2.24) is 5.32 Å². The molecule has 0 aromatic heterocycles. The van der Waals surface area contributed by atoms with Crippen LogP contribution in [-0.2, 0) is 6.42 Å². The number of nitrogens with one attached hydrogen (secondary N) is 1. The van der Waals surface area contributed by atoms with Gasteiger partial charge in [0.2, 0.25) is 0 Å². The summed E-state index contributed by atoms with van der Waals surface area (Å²) in [7, 11) is 1.69. The molecule has 1 aromatic carbocycles. The lowest BCUT2D eigenvalue weighted by atomic mass is 9.95. The van der Waals surface area contributed by atoms with Crippen molar-refractivity contribution in [1.29, 1.82) is 5.26 Å². The maximum absolute atomic E-state index is 9.04. The first-order valence-corrected chi connectivity index (χ1v) is 6.37. The Morgan fingerprint density at radius 3 is 2.94 bits per heavy atom. The number of nitriles is 1. The Kier molecular flexibility index (Phi) is 3.58. The second-order valence-corrected chi connectivity index (χ2v) is 5.53. The minimum Gasteiger partial charge on any atom is -0.497 e. The Hall–Kier alpha value is -1.53. The molecule has 1 aliphatic carbocycles. The van der Waals surface area contributed by atoms with Crippen LogP contribution in [0.25, 0.3) is 0 Å². The summed E-state index contributed by atoms with van der Waals surface area (Å²) in [5.74, 6) is 0.905. The molecule has 1 unspecified atom stereocenters. The molecule has 3 heteroatoms. The molecular formula is C15H20N2O.